The monoisotopic (exact) mass is 1430 g/mol. The van der Waals surface area contributed by atoms with E-state index in [4.69, 9.17) is 32.3 Å². The first-order valence-electron chi connectivity index (χ1n) is 38.5. The van der Waals surface area contributed by atoms with Crippen LogP contribution in [-0.4, -0.2) is 95.9 Å². The third-order valence-corrected chi connectivity index (χ3v) is 17.7. The summed E-state index contributed by atoms with van der Waals surface area (Å²) in [7, 11) is -9.79. The van der Waals surface area contributed by atoms with E-state index < -0.39 is 91.5 Å². The largest absolute Gasteiger partial charge is 0.472 e. The molecule has 5 atom stereocenters. The Hall–Kier alpha value is -4.31. The Morgan fingerprint density at radius 3 is 0.848 bits per heavy atom. The predicted molar refractivity (Wildman–Crippen MR) is 408 cm³/mol. The lowest BCUT2D eigenvalue weighted by Gasteiger charge is -2.21. The molecule has 0 spiro atoms. The van der Waals surface area contributed by atoms with Crippen molar-refractivity contribution >= 4 is 33.6 Å². The Bertz CT molecular complexity index is 2330. The van der Waals surface area contributed by atoms with Crippen LogP contribution in [-0.2, 0) is 55.8 Å². The van der Waals surface area contributed by atoms with Crippen molar-refractivity contribution in [3.05, 3.63) is 134 Å². The van der Waals surface area contributed by atoms with E-state index in [2.05, 4.69) is 154 Å². The second-order valence-electron chi connectivity index (χ2n) is 25.4. The third-order valence-electron chi connectivity index (χ3n) is 15.8. The van der Waals surface area contributed by atoms with Crippen LogP contribution in [0.25, 0.3) is 0 Å². The van der Waals surface area contributed by atoms with Gasteiger partial charge >= 0.3 is 33.6 Å². The fourth-order valence-corrected chi connectivity index (χ4v) is 11.6. The second kappa shape index (κ2) is 73.4. The van der Waals surface area contributed by atoms with E-state index in [0.717, 1.165) is 167 Å². The van der Waals surface area contributed by atoms with Crippen LogP contribution < -0.4 is 0 Å². The van der Waals surface area contributed by atoms with Crippen molar-refractivity contribution in [2.45, 2.75) is 322 Å². The number of allylic oxidation sites excluding steroid dienone is 22. The summed E-state index contributed by atoms with van der Waals surface area (Å²) in [5.74, 6) is -1.61. The Kier molecular flexibility index (Phi) is 70.2. The average Bonchev–Trinajstić information content (AvgIpc) is 1.02. The highest BCUT2D eigenvalue weighted by atomic mass is 31.2. The van der Waals surface area contributed by atoms with E-state index in [0.29, 0.717) is 19.3 Å². The average molecular weight is 1430 g/mol. The molecule has 5 unspecified atom stereocenters. The van der Waals surface area contributed by atoms with E-state index in [1.807, 2.05) is 0 Å². The Morgan fingerprint density at radius 1 is 0.293 bits per heavy atom. The number of hydrogen-bond acceptors (Lipinski definition) is 14. The molecule has 0 aromatic heterocycles. The molecule has 0 saturated carbocycles. The minimum Gasteiger partial charge on any atom is -0.463 e. The van der Waals surface area contributed by atoms with E-state index >= 15 is 0 Å². The maximum absolute atomic E-state index is 12.9. The number of unbranched alkanes of at least 4 members (excludes halogenated alkanes) is 27. The topological polar surface area (TPSA) is 231 Å². The van der Waals surface area contributed by atoms with Gasteiger partial charge in [0.15, 0.2) is 6.10 Å². The number of phosphoric ester groups is 2. The van der Waals surface area contributed by atoms with Gasteiger partial charge in [0.2, 0.25) is 0 Å². The zero-order valence-corrected chi connectivity index (χ0v) is 63.7. The molecule has 0 aliphatic heterocycles. The summed E-state index contributed by atoms with van der Waals surface area (Å²) in [6.45, 7) is 2.36. The number of carbonyl (C=O) groups is 3. The summed E-state index contributed by atoms with van der Waals surface area (Å²) in [5.41, 5.74) is 0. The molecule has 0 bridgehead atoms. The first-order valence-corrected chi connectivity index (χ1v) is 41.5. The van der Waals surface area contributed by atoms with E-state index in [-0.39, 0.29) is 19.3 Å². The zero-order chi connectivity index (χ0) is 72.3. The SMILES string of the molecule is CC/C=C\C/C=C\C/C=C\C/C=C\C/C=C\CCCCCCCCCCCCCCCCCC(=O)OCC(O)COP(=O)(O)OCC(O)COP(=O)(O)OCC(COC(=O)CCCCCCCC/C=C\C/C=C\C/C=C\C/C=C\CC)OC(=O)CCCCCCC/C=C\C/C=C\CCC. The minimum absolute atomic E-state index is 0.0826. The molecule has 0 aromatic rings. The zero-order valence-electron chi connectivity index (χ0n) is 61.9. The highest BCUT2D eigenvalue weighted by molar-refractivity contribution is 7.47. The van der Waals surface area contributed by atoms with Crippen LogP contribution in [0.15, 0.2) is 134 Å². The molecule has 99 heavy (non-hydrogen) atoms. The first-order chi connectivity index (χ1) is 48.2. The molecule has 0 radical (unpaired) electrons. The van der Waals surface area contributed by atoms with Crippen LogP contribution in [0.3, 0.4) is 0 Å². The van der Waals surface area contributed by atoms with Crippen molar-refractivity contribution in [3.8, 4) is 0 Å². The summed E-state index contributed by atoms with van der Waals surface area (Å²) < 4.78 is 61.0. The van der Waals surface area contributed by atoms with Gasteiger partial charge in [0, 0.05) is 19.3 Å². The third kappa shape index (κ3) is 74.7. The van der Waals surface area contributed by atoms with E-state index in [9.17, 15) is 43.5 Å². The van der Waals surface area contributed by atoms with Crippen LogP contribution in [0.2, 0.25) is 0 Å². The summed E-state index contributed by atoms with van der Waals surface area (Å²) in [6, 6.07) is 0. The number of esters is 3. The molecule has 0 rings (SSSR count). The highest BCUT2D eigenvalue weighted by Crippen LogP contribution is 2.45. The summed E-state index contributed by atoms with van der Waals surface area (Å²) >= 11 is 0. The highest BCUT2D eigenvalue weighted by Gasteiger charge is 2.29. The number of rotatable bonds is 72. The molecule has 0 saturated heterocycles. The quantitative estimate of drug-likeness (QED) is 0.0146. The molecule has 0 heterocycles. The Morgan fingerprint density at radius 2 is 0.535 bits per heavy atom. The van der Waals surface area contributed by atoms with Crippen molar-refractivity contribution in [3.63, 3.8) is 0 Å². The molecule has 16 nitrogen and oxygen atoms in total. The summed E-state index contributed by atoms with van der Waals surface area (Å²) in [6.07, 6.45) is 88.0. The smallest absolute Gasteiger partial charge is 0.463 e. The van der Waals surface area contributed by atoms with E-state index in [1.54, 1.807) is 0 Å². The van der Waals surface area contributed by atoms with Crippen LogP contribution in [0.1, 0.15) is 303 Å². The molecule has 4 N–H and O–H groups in total. The number of aliphatic hydroxyl groups is 2. The summed E-state index contributed by atoms with van der Waals surface area (Å²) in [5, 5.41) is 20.6. The van der Waals surface area contributed by atoms with Gasteiger partial charge in [-0.15, -0.1) is 0 Å². The van der Waals surface area contributed by atoms with Crippen LogP contribution in [0, 0.1) is 0 Å². The number of phosphoric acid groups is 2. The van der Waals surface area contributed by atoms with Gasteiger partial charge in [-0.3, -0.25) is 32.5 Å². The van der Waals surface area contributed by atoms with E-state index in [1.165, 1.54) is 77.0 Å². The maximum atomic E-state index is 12.9. The molecular formula is C81H138O16P2. The van der Waals surface area contributed by atoms with Crippen molar-refractivity contribution in [2.75, 3.05) is 39.6 Å². The van der Waals surface area contributed by atoms with Crippen molar-refractivity contribution in [2.24, 2.45) is 0 Å². The number of hydrogen-bond donors (Lipinski definition) is 4. The lowest BCUT2D eigenvalue weighted by molar-refractivity contribution is -0.161. The van der Waals surface area contributed by atoms with Crippen LogP contribution in [0.5, 0.6) is 0 Å². The predicted octanol–water partition coefficient (Wildman–Crippen LogP) is 22.3. The van der Waals surface area contributed by atoms with Crippen LogP contribution >= 0.6 is 15.6 Å². The van der Waals surface area contributed by atoms with Gasteiger partial charge in [-0.25, -0.2) is 9.13 Å². The molecule has 0 fully saturated rings. The van der Waals surface area contributed by atoms with Gasteiger partial charge in [-0.1, -0.05) is 289 Å². The first kappa shape index (κ1) is 94.7. The van der Waals surface area contributed by atoms with Gasteiger partial charge in [-0.2, -0.15) is 0 Å². The van der Waals surface area contributed by atoms with Crippen molar-refractivity contribution < 1.29 is 75.8 Å². The second-order valence-corrected chi connectivity index (χ2v) is 28.3. The van der Waals surface area contributed by atoms with Crippen molar-refractivity contribution in [1.82, 2.24) is 0 Å². The Balaban J connectivity index is 4.45. The lowest BCUT2D eigenvalue weighted by atomic mass is 10.0. The molecule has 0 aromatic carbocycles. The van der Waals surface area contributed by atoms with Gasteiger partial charge in [0.05, 0.1) is 26.4 Å². The molecule has 568 valence electrons. The fraction of sp³-hybridized carbons (Fsp3) is 0.691. The maximum Gasteiger partial charge on any atom is 0.472 e. The normalized spacial score (nSPS) is 14.8. The van der Waals surface area contributed by atoms with Crippen molar-refractivity contribution in [1.29, 1.82) is 0 Å². The molecule has 0 aliphatic rings. The standard InChI is InChI=1S/C81H138O16P2/c1-4-7-10-13-16-19-22-25-27-29-31-32-33-34-35-36-37-38-39-40-41-42-44-46-47-50-52-55-58-61-64-67-79(84)91-70-76(82)71-93-98(87,88)94-72-77(83)73-95-99(89,90)96-75-78(97-81(86)69-66-63-60-57-54-49-24-21-18-15-12-9-6-3)74-92-80(85)68-65-62-59-56-53-51-48-45-43-30-28-26-23-20-17-14-11-8-5-2/h7-8,10-12,15-17,19-21,24-28,31-32,34-35,43,45,76-78,82-83H,4-6,9,13-14,18,22-23,29-30,33,36-42,44,46-75H2,1-3H3,(H,87,88)(H,89,90)/b10-7-,11-8-,15-12-,19-16-,20-17-,24-21-,27-25-,28-26-,32-31-,35-34-,45-43-. The fourth-order valence-electron chi connectivity index (χ4n) is 10.0. The lowest BCUT2D eigenvalue weighted by Crippen LogP contribution is -2.30. The number of ether oxygens (including phenoxy) is 3. The molecule has 18 heteroatoms. The van der Waals surface area contributed by atoms with Gasteiger partial charge in [-0.05, 0) is 128 Å². The van der Waals surface area contributed by atoms with Gasteiger partial charge in [0.25, 0.3) is 0 Å². The van der Waals surface area contributed by atoms with Crippen LogP contribution in [0.4, 0.5) is 0 Å². The number of aliphatic hydroxyl groups excluding tert-OH is 2. The van der Waals surface area contributed by atoms with Gasteiger partial charge in [0.1, 0.15) is 25.4 Å². The molecular weight excluding hydrogens is 1290 g/mol. The Labute approximate surface area is 601 Å². The molecule has 0 aliphatic carbocycles. The molecule has 0 amide bonds. The number of carbonyl (C=O) groups excluding carboxylic acids is 3. The summed E-state index contributed by atoms with van der Waals surface area (Å²) in [4.78, 5) is 58.5. The minimum atomic E-state index is -4.94. The van der Waals surface area contributed by atoms with Gasteiger partial charge < -0.3 is 34.2 Å².